The number of rotatable bonds is 3. The van der Waals surface area contributed by atoms with Crippen molar-refractivity contribution in [3.05, 3.63) is 16.6 Å². The van der Waals surface area contributed by atoms with E-state index in [1.807, 2.05) is 0 Å². The monoisotopic (exact) mass is 270 g/mol. The van der Waals surface area contributed by atoms with Crippen LogP contribution in [0.1, 0.15) is 16.9 Å². The van der Waals surface area contributed by atoms with E-state index >= 15 is 0 Å². The van der Waals surface area contributed by atoms with Crippen LogP contribution in [-0.2, 0) is 14.3 Å². The number of methoxy groups -OCH3 is 1. The number of amides is 1. The highest BCUT2D eigenvalue weighted by Crippen LogP contribution is 2.13. The minimum Gasteiger partial charge on any atom is -0.469 e. The zero-order valence-corrected chi connectivity index (χ0v) is 10.8. The van der Waals surface area contributed by atoms with Crippen LogP contribution in [0.3, 0.4) is 0 Å². The van der Waals surface area contributed by atoms with Crippen molar-refractivity contribution in [1.29, 1.82) is 0 Å². The fourth-order valence-electron chi connectivity index (χ4n) is 1.78. The summed E-state index contributed by atoms with van der Waals surface area (Å²) >= 11 is 1.38. The van der Waals surface area contributed by atoms with Crippen LogP contribution in [0.15, 0.2) is 10.9 Å². The number of ether oxygens (including phenoxy) is 2. The molecule has 0 radical (unpaired) electrons. The highest BCUT2D eigenvalue weighted by molar-refractivity contribution is 7.07. The summed E-state index contributed by atoms with van der Waals surface area (Å²) in [6.45, 7) is 1.34. The number of morpholine rings is 1. The Morgan fingerprint density at radius 3 is 3.17 bits per heavy atom. The predicted molar refractivity (Wildman–Crippen MR) is 64.4 cm³/mol. The van der Waals surface area contributed by atoms with Gasteiger partial charge >= 0.3 is 5.97 Å². The molecule has 0 aliphatic carbocycles. The summed E-state index contributed by atoms with van der Waals surface area (Å²) in [5.74, 6) is -0.447. The van der Waals surface area contributed by atoms with E-state index in [9.17, 15) is 9.59 Å². The second kappa shape index (κ2) is 5.92. The molecule has 2 rings (SSSR count). The molecule has 1 atom stereocenters. The molecule has 98 valence electrons. The summed E-state index contributed by atoms with van der Waals surface area (Å²) in [5.41, 5.74) is 2.07. The van der Waals surface area contributed by atoms with Gasteiger partial charge in [0.15, 0.2) is 0 Å². The summed E-state index contributed by atoms with van der Waals surface area (Å²) in [6, 6.07) is 0. The maximum absolute atomic E-state index is 12.1. The molecule has 1 unspecified atom stereocenters. The van der Waals surface area contributed by atoms with Gasteiger partial charge in [0.1, 0.15) is 5.69 Å². The summed E-state index contributed by atoms with van der Waals surface area (Å²) < 4.78 is 10.0. The lowest BCUT2D eigenvalue weighted by Crippen LogP contribution is -2.46. The third kappa shape index (κ3) is 3.05. The minimum atomic E-state index is -0.331. The summed E-state index contributed by atoms with van der Waals surface area (Å²) in [5, 5.41) is 1.72. The van der Waals surface area contributed by atoms with Crippen LogP contribution >= 0.6 is 11.3 Å². The van der Waals surface area contributed by atoms with Crippen molar-refractivity contribution in [1.82, 2.24) is 9.88 Å². The molecular formula is C11H14N2O4S. The number of carbonyl (C=O) groups excluding carboxylic acids is 2. The van der Waals surface area contributed by atoms with Crippen LogP contribution < -0.4 is 0 Å². The quantitative estimate of drug-likeness (QED) is 0.750. The van der Waals surface area contributed by atoms with Gasteiger partial charge in [0.05, 0.1) is 31.8 Å². The van der Waals surface area contributed by atoms with Crippen molar-refractivity contribution in [3.63, 3.8) is 0 Å². The molecular weight excluding hydrogens is 256 g/mol. The number of thiazole rings is 1. The fraction of sp³-hybridized carbons (Fsp3) is 0.545. The van der Waals surface area contributed by atoms with Gasteiger partial charge in [0.25, 0.3) is 5.91 Å². The molecule has 1 aliphatic rings. The van der Waals surface area contributed by atoms with Gasteiger partial charge in [-0.2, -0.15) is 0 Å². The van der Waals surface area contributed by atoms with Crippen LogP contribution in [0.5, 0.6) is 0 Å². The van der Waals surface area contributed by atoms with Crippen LogP contribution in [0.2, 0.25) is 0 Å². The standard InChI is InChI=1S/C11H14N2O4S/c1-16-10(14)4-8-5-13(2-3-17-8)11(15)9-6-18-7-12-9/h6-8H,2-5H2,1H3. The van der Waals surface area contributed by atoms with Crippen molar-refractivity contribution in [2.45, 2.75) is 12.5 Å². The normalized spacial score (nSPS) is 19.6. The maximum atomic E-state index is 12.1. The lowest BCUT2D eigenvalue weighted by Gasteiger charge is -2.32. The highest BCUT2D eigenvalue weighted by Gasteiger charge is 2.27. The van der Waals surface area contributed by atoms with Crippen LogP contribution in [0.25, 0.3) is 0 Å². The zero-order chi connectivity index (χ0) is 13.0. The molecule has 1 amide bonds. The van der Waals surface area contributed by atoms with Crippen molar-refractivity contribution < 1.29 is 19.1 Å². The Bertz CT molecular complexity index is 421. The number of hydrogen-bond acceptors (Lipinski definition) is 6. The second-order valence-corrected chi connectivity index (χ2v) is 4.62. The van der Waals surface area contributed by atoms with Crippen LogP contribution in [0, 0.1) is 0 Å². The molecule has 2 heterocycles. The first-order chi connectivity index (χ1) is 8.70. The second-order valence-electron chi connectivity index (χ2n) is 3.90. The Labute approximate surface area is 109 Å². The maximum Gasteiger partial charge on any atom is 0.308 e. The Balaban J connectivity index is 1.94. The summed E-state index contributed by atoms with van der Waals surface area (Å²) in [7, 11) is 1.34. The van der Waals surface area contributed by atoms with Crippen molar-refractivity contribution in [2.75, 3.05) is 26.8 Å². The lowest BCUT2D eigenvalue weighted by atomic mass is 10.2. The molecule has 1 fully saturated rings. The first-order valence-electron chi connectivity index (χ1n) is 5.56. The first kappa shape index (κ1) is 13.0. The third-order valence-electron chi connectivity index (χ3n) is 2.70. The van der Waals surface area contributed by atoms with Gasteiger partial charge in [-0.1, -0.05) is 0 Å². The van der Waals surface area contributed by atoms with Crippen molar-refractivity contribution >= 4 is 23.2 Å². The molecule has 0 aromatic carbocycles. The molecule has 6 nitrogen and oxygen atoms in total. The Hall–Kier alpha value is -1.47. The van der Waals surface area contributed by atoms with Gasteiger partial charge in [-0.25, -0.2) is 4.98 Å². The van der Waals surface area contributed by atoms with E-state index < -0.39 is 0 Å². The topological polar surface area (TPSA) is 68.7 Å². The molecule has 7 heteroatoms. The van der Waals surface area contributed by atoms with E-state index in [0.717, 1.165) is 0 Å². The number of nitrogens with zero attached hydrogens (tertiary/aromatic N) is 2. The molecule has 1 saturated heterocycles. The van der Waals surface area contributed by atoms with E-state index in [4.69, 9.17) is 4.74 Å². The van der Waals surface area contributed by atoms with Gasteiger partial charge in [-0.3, -0.25) is 9.59 Å². The predicted octanol–water partition coefficient (Wildman–Crippen LogP) is 0.547. The van der Waals surface area contributed by atoms with Gasteiger partial charge in [0, 0.05) is 18.5 Å². The van der Waals surface area contributed by atoms with Crippen LogP contribution in [-0.4, -0.2) is 54.7 Å². The third-order valence-corrected chi connectivity index (χ3v) is 3.29. The van der Waals surface area contributed by atoms with E-state index in [1.165, 1.54) is 18.4 Å². The average molecular weight is 270 g/mol. The SMILES string of the molecule is COC(=O)CC1CN(C(=O)c2cscn2)CCO1. The van der Waals surface area contributed by atoms with Gasteiger partial charge in [-0.05, 0) is 0 Å². The molecule has 0 spiro atoms. The smallest absolute Gasteiger partial charge is 0.308 e. The molecule has 0 N–H and O–H groups in total. The number of carbonyl (C=O) groups is 2. The van der Waals surface area contributed by atoms with Gasteiger partial charge in [-0.15, -0.1) is 11.3 Å². The molecule has 18 heavy (non-hydrogen) atoms. The van der Waals surface area contributed by atoms with E-state index in [1.54, 1.807) is 15.8 Å². The Kier molecular flexibility index (Phi) is 4.27. The molecule has 1 aromatic rings. The average Bonchev–Trinajstić information content (AvgIpc) is 2.92. The van der Waals surface area contributed by atoms with Gasteiger partial charge < -0.3 is 14.4 Å². The van der Waals surface area contributed by atoms with Crippen molar-refractivity contribution in [2.24, 2.45) is 0 Å². The number of hydrogen-bond donors (Lipinski definition) is 0. The lowest BCUT2D eigenvalue weighted by molar-refractivity contribution is -0.145. The van der Waals surface area contributed by atoms with Crippen molar-refractivity contribution in [3.8, 4) is 0 Å². The Morgan fingerprint density at radius 2 is 2.50 bits per heavy atom. The number of aromatic nitrogens is 1. The zero-order valence-electron chi connectivity index (χ0n) is 10.00. The first-order valence-corrected chi connectivity index (χ1v) is 6.51. The summed E-state index contributed by atoms with van der Waals surface area (Å²) in [6.07, 6.45) is -0.133. The summed E-state index contributed by atoms with van der Waals surface area (Å²) in [4.78, 5) is 28.9. The molecule has 0 saturated carbocycles. The molecule has 0 bridgehead atoms. The highest BCUT2D eigenvalue weighted by atomic mass is 32.1. The molecule has 1 aromatic heterocycles. The number of esters is 1. The molecule has 1 aliphatic heterocycles. The van der Waals surface area contributed by atoms with E-state index in [-0.39, 0.29) is 24.4 Å². The van der Waals surface area contributed by atoms with E-state index in [2.05, 4.69) is 9.72 Å². The largest absolute Gasteiger partial charge is 0.469 e. The van der Waals surface area contributed by atoms with E-state index in [0.29, 0.717) is 25.4 Å². The van der Waals surface area contributed by atoms with Crippen LogP contribution in [0.4, 0.5) is 0 Å². The fourth-order valence-corrected chi connectivity index (χ4v) is 2.30. The Morgan fingerprint density at radius 1 is 1.67 bits per heavy atom. The minimum absolute atomic E-state index is 0.116. The van der Waals surface area contributed by atoms with Gasteiger partial charge in [0.2, 0.25) is 0 Å².